The first-order valence-electron chi connectivity index (χ1n) is 6.66. The highest BCUT2D eigenvalue weighted by Gasteiger charge is 2.30. The normalized spacial score (nSPS) is 11.0. The molecule has 0 fully saturated rings. The molecule has 126 valence electrons. The van der Waals surface area contributed by atoms with Crippen LogP contribution in [0.3, 0.4) is 0 Å². The quantitative estimate of drug-likeness (QED) is 0.682. The Morgan fingerprint density at radius 1 is 1.04 bits per heavy atom. The van der Waals surface area contributed by atoms with Gasteiger partial charge in [-0.05, 0) is 30.3 Å². The summed E-state index contributed by atoms with van der Waals surface area (Å²) in [6.07, 6.45) is -4.54. The van der Waals surface area contributed by atoms with Crippen molar-refractivity contribution in [1.82, 2.24) is 0 Å². The van der Waals surface area contributed by atoms with Gasteiger partial charge >= 0.3 is 12.1 Å². The van der Waals surface area contributed by atoms with E-state index < -0.39 is 36.0 Å². The zero-order chi connectivity index (χ0) is 17.7. The Morgan fingerprint density at radius 3 is 2.42 bits per heavy atom. The van der Waals surface area contributed by atoms with E-state index in [0.29, 0.717) is 0 Å². The smallest absolute Gasteiger partial charge is 0.416 e. The molecule has 24 heavy (non-hydrogen) atoms. The summed E-state index contributed by atoms with van der Waals surface area (Å²) in [6, 6.07) is 9.02. The van der Waals surface area contributed by atoms with Gasteiger partial charge < -0.3 is 10.1 Å². The number of halogens is 4. The van der Waals surface area contributed by atoms with Gasteiger partial charge in [-0.2, -0.15) is 13.2 Å². The van der Waals surface area contributed by atoms with Crippen LogP contribution in [0.5, 0.6) is 0 Å². The number of alkyl halides is 3. The van der Waals surface area contributed by atoms with Gasteiger partial charge in [0, 0.05) is 5.69 Å². The van der Waals surface area contributed by atoms with E-state index >= 15 is 0 Å². The summed E-state index contributed by atoms with van der Waals surface area (Å²) < 4.78 is 55.7. The van der Waals surface area contributed by atoms with Crippen LogP contribution in [0.25, 0.3) is 0 Å². The largest absolute Gasteiger partial charge is 0.452 e. The zero-order valence-corrected chi connectivity index (χ0v) is 12.1. The van der Waals surface area contributed by atoms with E-state index in [1.807, 2.05) is 0 Å². The lowest BCUT2D eigenvalue weighted by atomic mass is 10.2. The summed E-state index contributed by atoms with van der Waals surface area (Å²) in [5.41, 5.74) is -1.37. The van der Waals surface area contributed by atoms with Crippen LogP contribution in [-0.4, -0.2) is 18.5 Å². The molecule has 2 rings (SSSR count). The molecule has 0 spiro atoms. The van der Waals surface area contributed by atoms with Crippen molar-refractivity contribution in [2.45, 2.75) is 6.18 Å². The molecule has 0 radical (unpaired) electrons. The molecular formula is C16H11F4NO3. The summed E-state index contributed by atoms with van der Waals surface area (Å²) in [5, 5.41) is 2.17. The van der Waals surface area contributed by atoms with Crippen molar-refractivity contribution >= 4 is 17.6 Å². The number of anilines is 1. The topological polar surface area (TPSA) is 55.4 Å². The average molecular weight is 341 g/mol. The maximum absolute atomic E-state index is 13.4. The van der Waals surface area contributed by atoms with Crippen molar-refractivity contribution in [3.8, 4) is 0 Å². The molecule has 0 aliphatic carbocycles. The highest BCUT2D eigenvalue weighted by Crippen LogP contribution is 2.30. The number of nitrogens with one attached hydrogen (secondary N) is 1. The molecule has 1 N–H and O–H groups in total. The lowest BCUT2D eigenvalue weighted by molar-refractivity contribution is -0.137. The molecule has 0 bridgehead atoms. The molecule has 0 aromatic heterocycles. The fourth-order valence-electron chi connectivity index (χ4n) is 1.81. The summed E-state index contributed by atoms with van der Waals surface area (Å²) >= 11 is 0. The van der Waals surface area contributed by atoms with Crippen LogP contribution in [0.2, 0.25) is 0 Å². The van der Waals surface area contributed by atoms with Crippen molar-refractivity contribution in [1.29, 1.82) is 0 Å². The summed E-state index contributed by atoms with van der Waals surface area (Å²) in [6.45, 7) is -0.761. The van der Waals surface area contributed by atoms with Crippen LogP contribution in [0, 0.1) is 5.82 Å². The predicted molar refractivity (Wildman–Crippen MR) is 76.8 cm³/mol. The molecule has 0 aliphatic heterocycles. The van der Waals surface area contributed by atoms with Crippen LogP contribution in [0.4, 0.5) is 23.2 Å². The van der Waals surface area contributed by atoms with E-state index in [-0.39, 0.29) is 11.3 Å². The predicted octanol–water partition coefficient (Wildman–Crippen LogP) is 3.64. The fraction of sp³-hybridized carbons (Fsp3) is 0.125. The Bertz CT molecular complexity index is 759. The Balaban J connectivity index is 1.95. The Hall–Kier alpha value is -2.90. The molecule has 0 unspecified atom stereocenters. The molecular weight excluding hydrogens is 330 g/mol. The number of esters is 1. The molecule has 0 aliphatic rings. The van der Waals surface area contributed by atoms with Gasteiger partial charge in [-0.15, -0.1) is 0 Å². The van der Waals surface area contributed by atoms with Gasteiger partial charge in [-0.3, -0.25) is 4.79 Å². The van der Waals surface area contributed by atoms with Crippen LogP contribution >= 0.6 is 0 Å². The van der Waals surface area contributed by atoms with Gasteiger partial charge in [-0.25, -0.2) is 9.18 Å². The van der Waals surface area contributed by atoms with Gasteiger partial charge in [0.05, 0.1) is 11.1 Å². The van der Waals surface area contributed by atoms with Gasteiger partial charge in [0.2, 0.25) is 0 Å². The van der Waals surface area contributed by atoms with E-state index in [1.54, 1.807) is 0 Å². The molecule has 0 atom stereocenters. The first-order chi connectivity index (χ1) is 11.3. The Kier molecular flexibility index (Phi) is 5.18. The molecule has 0 saturated carbocycles. The second-order valence-electron chi connectivity index (χ2n) is 4.68. The van der Waals surface area contributed by atoms with Gasteiger partial charge in [0.15, 0.2) is 6.61 Å². The monoisotopic (exact) mass is 341 g/mol. The number of amides is 1. The number of hydrogen-bond donors (Lipinski definition) is 1. The standard InChI is InChI=1S/C16H11F4NO3/c17-13-7-2-1-6-12(13)15(23)24-9-14(22)21-11-5-3-4-10(8-11)16(18,19)20/h1-8H,9H2,(H,21,22). The zero-order valence-electron chi connectivity index (χ0n) is 12.1. The Morgan fingerprint density at radius 2 is 1.75 bits per heavy atom. The van der Waals surface area contributed by atoms with Crippen LogP contribution in [0.15, 0.2) is 48.5 Å². The minimum Gasteiger partial charge on any atom is -0.452 e. The SMILES string of the molecule is O=C(COC(=O)c1ccccc1F)Nc1cccc(C(F)(F)F)c1. The van der Waals surface area contributed by atoms with E-state index in [9.17, 15) is 27.2 Å². The first kappa shape index (κ1) is 17.5. The van der Waals surface area contributed by atoms with Gasteiger partial charge in [0.1, 0.15) is 5.82 Å². The lowest BCUT2D eigenvalue weighted by Gasteiger charge is -2.10. The molecule has 2 aromatic carbocycles. The van der Waals surface area contributed by atoms with Crippen LogP contribution in [-0.2, 0) is 15.7 Å². The summed E-state index contributed by atoms with van der Waals surface area (Å²) in [4.78, 5) is 23.2. The highest BCUT2D eigenvalue weighted by molar-refractivity contribution is 5.95. The number of benzene rings is 2. The molecule has 0 heterocycles. The van der Waals surface area contributed by atoms with Crippen LogP contribution < -0.4 is 5.32 Å². The summed E-state index contributed by atoms with van der Waals surface area (Å²) in [5.74, 6) is -2.70. The summed E-state index contributed by atoms with van der Waals surface area (Å²) in [7, 11) is 0. The third-order valence-corrected chi connectivity index (χ3v) is 2.90. The van der Waals surface area contributed by atoms with Crippen molar-refractivity contribution in [3.05, 3.63) is 65.5 Å². The Labute approximate surface area is 134 Å². The van der Waals surface area contributed by atoms with Gasteiger partial charge in [0.25, 0.3) is 5.91 Å². The van der Waals surface area contributed by atoms with E-state index in [1.165, 1.54) is 24.3 Å². The van der Waals surface area contributed by atoms with E-state index in [4.69, 9.17) is 0 Å². The maximum atomic E-state index is 13.4. The highest BCUT2D eigenvalue weighted by atomic mass is 19.4. The molecule has 0 saturated heterocycles. The van der Waals surface area contributed by atoms with E-state index in [0.717, 1.165) is 24.3 Å². The third kappa shape index (κ3) is 4.55. The molecule has 2 aromatic rings. The second kappa shape index (κ2) is 7.12. The number of carbonyl (C=O) groups is 2. The molecule has 8 heteroatoms. The third-order valence-electron chi connectivity index (χ3n) is 2.90. The van der Waals surface area contributed by atoms with Crippen molar-refractivity contribution < 1.29 is 31.9 Å². The van der Waals surface area contributed by atoms with Crippen LogP contribution in [0.1, 0.15) is 15.9 Å². The van der Waals surface area contributed by atoms with Gasteiger partial charge in [-0.1, -0.05) is 18.2 Å². The minimum atomic E-state index is -4.54. The minimum absolute atomic E-state index is 0.100. The number of rotatable bonds is 4. The molecule has 4 nitrogen and oxygen atoms in total. The second-order valence-corrected chi connectivity index (χ2v) is 4.68. The number of carbonyl (C=O) groups excluding carboxylic acids is 2. The number of hydrogen-bond acceptors (Lipinski definition) is 3. The lowest BCUT2D eigenvalue weighted by Crippen LogP contribution is -2.21. The average Bonchev–Trinajstić information content (AvgIpc) is 2.52. The number of ether oxygens (including phenoxy) is 1. The van der Waals surface area contributed by atoms with E-state index in [2.05, 4.69) is 10.1 Å². The maximum Gasteiger partial charge on any atom is 0.416 e. The van der Waals surface area contributed by atoms with Crippen molar-refractivity contribution in [2.24, 2.45) is 0 Å². The van der Waals surface area contributed by atoms with Crippen molar-refractivity contribution in [2.75, 3.05) is 11.9 Å². The van der Waals surface area contributed by atoms with Crippen molar-refractivity contribution in [3.63, 3.8) is 0 Å². The molecule has 1 amide bonds. The fourth-order valence-corrected chi connectivity index (χ4v) is 1.81. The first-order valence-corrected chi connectivity index (χ1v) is 6.66.